The van der Waals surface area contributed by atoms with Crippen molar-refractivity contribution in [2.45, 2.75) is 18.9 Å². The van der Waals surface area contributed by atoms with Gasteiger partial charge in [-0.3, -0.25) is 9.69 Å². The van der Waals surface area contributed by atoms with E-state index in [9.17, 15) is 13.6 Å². The van der Waals surface area contributed by atoms with Crippen molar-refractivity contribution < 1.29 is 13.6 Å². The first-order chi connectivity index (χ1) is 9.46. The lowest BCUT2D eigenvalue weighted by molar-refractivity contribution is -0.130. The molecule has 0 spiro atoms. The summed E-state index contributed by atoms with van der Waals surface area (Å²) in [5.41, 5.74) is 4.38. The van der Waals surface area contributed by atoms with Crippen LogP contribution in [0.25, 0.3) is 0 Å². The Labute approximate surface area is 116 Å². The Bertz CT molecular complexity index is 501. The van der Waals surface area contributed by atoms with E-state index in [2.05, 4.69) is 5.32 Å². The summed E-state index contributed by atoms with van der Waals surface area (Å²) in [5.74, 6) is -2.05. The molecule has 0 bridgehead atoms. The van der Waals surface area contributed by atoms with Crippen LogP contribution in [0.2, 0.25) is 0 Å². The van der Waals surface area contributed by atoms with Crippen LogP contribution in [0.3, 0.4) is 0 Å². The Kier molecular flexibility index (Phi) is 4.35. The molecule has 1 saturated heterocycles. The van der Waals surface area contributed by atoms with E-state index < -0.39 is 23.1 Å². The molecule has 4 nitrogen and oxygen atoms in total. The van der Waals surface area contributed by atoms with Gasteiger partial charge in [-0.2, -0.15) is 0 Å². The van der Waals surface area contributed by atoms with E-state index in [0.29, 0.717) is 19.6 Å². The van der Waals surface area contributed by atoms with Gasteiger partial charge in [-0.15, -0.1) is 0 Å². The molecule has 1 fully saturated rings. The van der Waals surface area contributed by atoms with Crippen LogP contribution in [0.4, 0.5) is 8.78 Å². The smallest absolute Gasteiger partial charge is 0.242 e. The minimum atomic E-state index is -1.27. The van der Waals surface area contributed by atoms with Crippen molar-refractivity contribution in [2.75, 3.05) is 26.2 Å². The number of nitrogens with two attached hydrogens (primary N) is 1. The highest BCUT2D eigenvalue weighted by Crippen LogP contribution is 2.31. The first-order valence-corrected chi connectivity index (χ1v) is 6.67. The molecule has 20 heavy (non-hydrogen) atoms. The van der Waals surface area contributed by atoms with Crippen LogP contribution >= 0.6 is 0 Å². The summed E-state index contributed by atoms with van der Waals surface area (Å²) in [6.45, 7) is 4.35. The lowest BCUT2D eigenvalue weighted by Gasteiger charge is -2.38. The minimum Gasteiger partial charge on any atom is -0.368 e. The number of carbonyl (C=O) groups is 1. The molecule has 110 valence electrons. The van der Waals surface area contributed by atoms with Crippen LogP contribution in [0.1, 0.15) is 18.9 Å². The number of benzene rings is 1. The van der Waals surface area contributed by atoms with Crippen molar-refractivity contribution >= 4 is 5.91 Å². The van der Waals surface area contributed by atoms with Crippen molar-refractivity contribution in [2.24, 2.45) is 5.73 Å². The highest BCUT2D eigenvalue weighted by Gasteiger charge is 2.41. The standard InChI is InChI=1S/C14H19F2N3O/c1-14(13(17)20,19-7-2-5-18-6-8-19)11-4-3-10(15)9-12(11)16/h3-4,9,18H,2,5-8H2,1H3,(H2,17,20). The zero-order valence-corrected chi connectivity index (χ0v) is 11.5. The third-order valence-corrected chi connectivity index (χ3v) is 3.91. The molecule has 1 unspecified atom stereocenters. The van der Waals surface area contributed by atoms with Gasteiger partial charge < -0.3 is 11.1 Å². The highest BCUT2D eigenvalue weighted by molar-refractivity contribution is 5.85. The predicted molar refractivity (Wildman–Crippen MR) is 72.0 cm³/mol. The summed E-state index contributed by atoms with van der Waals surface area (Å²) in [6, 6.07) is 3.23. The van der Waals surface area contributed by atoms with Crippen LogP contribution in [-0.2, 0) is 10.3 Å². The summed E-state index contributed by atoms with van der Waals surface area (Å²) in [4.78, 5) is 13.8. The lowest BCUT2D eigenvalue weighted by Crippen LogP contribution is -2.54. The molecule has 0 aromatic heterocycles. The summed E-state index contributed by atoms with van der Waals surface area (Å²) >= 11 is 0. The molecule has 0 saturated carbocycles. The second kappa shape index (κ2) is 5.85. The predicted octanol–water partition coefficient (Wildman–Crippen LogP) is 0.961. The molecule has 0 aliphatic carbocycles. The number of nitrogens with zero attached hydrogens (tertiary/aromatic N) is 1. The van der Waals surface area contributed by atoms with E-state index in [1.165, 1.54) is 6.07 Å². The van der Waals surface area contributed by atoms with Crippen molar-refractivity contribution in [3.05, 3.63) is 35.4 Å². The monoisotopic (exact) mass is 283 g/mol. The third kappa shape index (κ3) is 2.66. The topological polar surface area (TPSA) is 58.4 Å². The van der Waals surface area contributed by atoms with Crippen molar-refractivity contribution in [3.8, 4) is 0 Å². The molecule has 1 amide bonds. The molecule has 0 radical (unpaired) electrons. The number of carbonyl (C=O) groups excluding carboxylic acids is 1. The van der Waals surface area contributed by atoms with Crippen LogP contribution in [0.5, 0.6) is 0 Å². The van der Waals surface area contributed by atoms with Gasteiger partial charge >= 0.3 is 0 Å². The third-order valence-electron chi connectivity index (χ3n) is 3.91. The molecule has 1 aliphatic heterocycles. The number of hydrogen-bond donors (Lipinski definition) is 2. The SMILES string of the molecule is CC(C(N)=O)(c1ccc(F)cc1F)N1CCCNCC1. The van der Waals surface area contributed by atoms with E-state index in [4.69, 9.17) is 5.73 Å². The largest absolute Gasteiger partial charge is 0.368 e. The molecular weight excluding hydrogens is 264 g/mol. The Hall–Kier alpha value is -1.53. The number of rotatable bonds is 3. The Morgan fingerprint density at radius 2 is 2.10 bits per heavy atom. The number of primary amides is 1. The molecule has 1 aliphatic rings. The second-order valence-corrected chi connectivity index (χ2v) is 5.15. The Balaban J connectivity index is 2.44. The van der Waals surface area contributed by atoms with Gasteiger partial charge in [0.1, 0.15) is 17.2 Å². The second-order valence-electron chi connectivity index (χ2n) is 5.15. The normalized spacial score (nSPS) is 20.1. The molecule has 3 N–H and O–H groups in total. The molecule has 2 rings (SSSR count). The lowest BCUT2D eigenvalue weighted by atomic mass is 9.88. The summed E-state index contributed by atoms with van der Waals surface area (Å²) < 4.78 is 27.1. The van der Waals surface area contributed by atoms with Gasteiger partial charge in [-0.1, -0.05) is 6.07 Å². The number of halogens is 2. The van der Waals surface area contributed by atoms with E-state index >= 15 is 0 Å². The number of amides is 1. The number of nitrogens with one attached hydrogen (secondary N) is 1. The van der Waals surface area contributed by atoms with Crippen molar-refractivity contribution in [1.82, 2.24) is 10.2 Å². The van der Waals surface area contributed by atoms with Crippen molar-refractivity contribution in [3.63, 3.8) is 0 Å². The van der Waals surface area contributed by atoms with Gasteiger partial charge in [-0.05, 0) is 26.0 Å². The van der Waals surface area contributed by atoms with E-state index in [0.717, 1.165) is 25.1 Å². The van der Waals surface area contributed by atoms with Crippen LogP contribution in [0, 0.1) is 11.6 Å². The highest BCUT2D eigenvalue weighted by atomic mass is 19.1. The first-order valence-electron chi connectivity index (χ1n) is 6.67. The van der Waals surface area contributed by atoms with Gasteiger partial charge in [-0.25, -0.2) is 8.78 Å². The van der Waals surface area contributed by atoms with Gasteiger partial charge in [0.05, 0.1) is 0 Å². The summed E-state index contributed by atoms with van der Waals surface area (Å²) in [5, 5.41) is 3.22. The van der Waals surface area contributed by atoms with Gasteiger partial charge in [0.25, 0.3) is 0 Å². The molecule has 1 aromatic rings. The van der Waals surface area contributed by atoms with Gasteiger partial charge in [0.2, 0.25) is 5.91 Å². The van der Waals surface area contributed by atoms with Crippen molar-refractivity contribution in [1.29, 1.82) is 0 Å². The maximum absolute atomic E-state index is 14.1. The van der Waals surface area contributed by atoms with Crippen LogP contribution in [0.15, 0.2) is 18.2 Å². The zero-order chi connectivity index (χ0) is 14.8. The zero-order valence-electron chi connectivity index (χ0n) is 11.5. The maximum Gasteiger partial charge on any atom is 0.242 e. The molecule has 1 aromatic carbocycles. The maximum atomic E-state index is 14.1. The Morgan fingerprint density at radius 1 is 1.35 bits per heavy atom. The quantitative estimate of drug-likeness (QED) is 0.869. The van der Waals surface area contributed by atoms with Crippen LogP contribution < -0.4 is 11.1 Å². The fourth-order valence-corrected chi connectivity index (χ4v) is 2.64. The number of hydrogen-bond acceptors (Lipinski definition) is 3. The average molecular weight is 283 g/mol. The first kappa shape index (κ1) is 14.9. The fourth-order valence-electron chi connectivity index (χ4n) is 2.64. The van der Waals surface area contributed by atoms with E-state index in [-0.39, 0.29) is 5.56 Å². The molecule has 1 heterocycles. The Morgan fingerprint density at radius 3 is 2.75 bits per heavy atom. The average Bonchev–Trinajstić information content (AvgIpc) is 2.66. The van der Waals surface area contributed by atoms with Gasteiger partial charge in [0, 0.05) is 31.3 Å². The summed E-state index contributed by atoms with van der Waals surface area (Å²) in [7, 11) is 0. The fraction of sp³-hybridized carbons (Fsp3) is 0.500. The molecular formula is C14H19F2N3O. The summed E-state index contributed by atoms with van der Waals surface area (Å²) in [6.07, 6.45) is 0.839. The minimum absolute atomic E-state index is 0.119. The van der Waals surface area contributed by atoms with Crippen LogP contribution in [-0.4, -0.2) is 37.0 Å². The molecule has 6 heteroatoms. The van der Waals surface area contributed by atoms with E-state index in [1.54, 1.807) is 6.92 Å². The molecule has 1 atom stereocenters. The van der Waals surface area contributed by atoms with Gasteiger partial charge in [0.15, 0.2) is 0 Å². The van der Waals surface area contributed by atoms with E-state index in [1.807, 2.05) is 4.90 Å².